The Morgan fingerprint density at radius 3 is 2.16 bits per heavy atom. The van der Waals surface area contributed by atoms with Crippen molar-refractivity contribution in [3.05, 3.63) is 132 Å². The van der Waals surface area contributed by atoms with Gasteiger partial charge >= 0.3 is 0 Å². The number of ether oxygens (including phenoxy) is 1. The van der Waals surface area contributed by atoms with E-state index in [1.165, 1.54) is 0 Å². The van der Waals surface area contributed by atoms with Crippen LogP contribution in [0, 0.1) is 0 Å². The van der Waals surface area contributed by atoms with Gasteiger partial charge in [-0.3, -0.25) is 9.59 Å². The Morgan fingerprint density at radius 1 is 0.842 bits per heavy atom. The van der Waals surface area contributed by atoms with Gasteiger partial charge in [0.05, 0.1) is 13.2 Å². The second-order valence-electron chi connectivity index (χ2n) is 9.35. The number of para-hydroxylation sites is 2. The molecule has 0 saturated carbocycles. The van der Waals surface area contributed by atoms with Gasteiger partial charge in [-0.2, -0.15) is 0 Å². The molecule has 1 aliphatic rings. The Balaban J connectivity index is 1.53. The maximum Gasteiger partial charge on any atom is 0.258 e. The van der Waals surface area contributed by atoms with Crippen LogP contribution >= 0.6 is 0 Å². The highest BCUT2D eigenvalue weighted by atomic mass is 16.5. The summed E-state index contributed by atoms with van der Waals surface area (Å²) in [5.41, 5.74) is 4.13. The molecule has 4 aromatic rings. The van der Waals surface area contributed by atoms with E-state index in [9.17, 15) is 9.59 Å². The van der Waals surface area contributed by atoms with Crippen LogP contribution in [0.2, 0.25) is 0 Å². The molecule has 0 bridgehead atoms. The van der Waals surface area contributed by atoms with Crippen molar-refractivity contribution < 1.29 is 14.3 Å². The topological polar surface area (TPSA) is 49.9 Å². The molecular formula is C33H30N2O3. The lowest BCUT2D eigenvalue weighted by Gasteiger charge is -2.43. The van der Waals surface area contributed by atoms with Gasteiger partial charge < -0.3 is 14.5 Å². The van der Waals surface area contributed by atoms with Gasteiger partial charge in [-0.1, -0.05) is 66.7 Å². The highest BCUT2D eigenvalue weighted by molar-refractivity contribution is 6.08. The quantitative estimate of drug-likeness (QED) is 0.269. The van der Waals surface area contributed by atoms with E-state index in [1.54, 1.807) is 37.5 Å². The summed E-state index contributed by atoms with van der Waals surface area (Å²) in [6.45, 7) is 2.04. The first-order chi connectivity index (χ1) is 18.6. The van der Waals surface area contributed by atoms with Crippen molar-refractivity contribution in [3.63, 3.8) is 0 Å². The van der Waals surface area contributed by atoms with Crippen LogP contribution in [0.5, 0.6) is 5.75 Å². The van der Waals surface area contributed by atoms with E-state index in [-0.39, 0.29) is 23.9 Å². The Labute approximate surface area is 223 Å². The Morgan fingerprint density at radius 2 is 1.47 bits per heavy atom. The first kappa shape index (κ1) is 25.0. The van der Waals surface area contributed by atoms with Crippen LogP contribution in [0.3, 0.4) is 0 Å². The fourth-order valence-corrected chi connectivity index (χ4v) is 5.07. The third-order valence-electron chi connectivity index (χ3n) is 6.92. The SMILES string of the molecule is COc1ccc(C(=O)N2c3ccccc3C(N(C(=O)C=Cc3ccccc3)c3ccccc3)CC2C)cc1. The summed E-state index contributed by atoms with van der Waals surface area (Å²) < 4.78 is 5.26. The number of carbonyl (C=O) groups excluding carboxylic acids is 2. The van der Waals surface area contributed by atoms with Gasteiger partial charge in [-0.05, 0) is 73.0 Å². The van der Waals surface area contributed by atoms with Crippen molar-refractivity contribution in [1.29, 1.82) is 0 Å². The highest BCUT2D eigenvalue weighted by Gasteiger charge is 2.38. The molecular weight excluding hydrogens is 472 g/mol. The van der Waals surface area contributed by atoms with E-state index in [0.717, 1.165) is 22.5 Å². The number of fused-ring (bicyclic) bond motifs is 1. The van der Waals surface area contributed by atoms with Crippen LogP contribution in [-0.2, 0) is 4.79 Å². The summed E-state index contributed by atoms with van der Waals surface area (Å²) in [5, 5.41) is 0. The smallest absolute Gasteiger partial charge is 0.258 e. The zero-order chi connectivity index (χ0) is 26.5. The second kappa shape index (κ2) is 11.2. The van der Waals surface area contributed by atoms with E-state index in [0.29, 0.717) is 17.7 Å². The number of benzene rings is 4. The molecule has 2 unspecified atom stereocenters. The molecule has 1 aliphatic heterocycles. The maximum atomic E-state index is 13.8. The third kappa shape index (κ3) is 5.09. The predicted molar refractivity (Wildman–Crippen MR) is 152 cm³/mol. The molecule has 0 aliphatic carbocycles. The number of methoxy groups -OCH3 is 1. The van der Waals surface area contributed by atoms with Crippen molar-refractivity contribution in [2.24, 2.45) is 0 Å². The monoisotopic (exact) mass is 502 g/mol. The van der Waals surface area contributed by atoms with Crippen molar-refractivity contribution >= 4 is 29.3 Å². The molecule has 0 N–H and O–H groups in total. The lowest BCUT2D eigenvalue weighted by atomic mass is 9.89. The van der Waals surface area contributed by atoms with E-state index in [1.807, 2.05) is 108 Å². The third-order valence-corrected chi connectivity index (χ3v) is 6.92. The van der Waals surface area contributed by atoms with Gasteiger partial charge in [0.1, 0.15) is 5.75 Å². The minimum Gasteiger partial charge on any atom is -0.497 e. The van der Waals surface area contributed by atoms with Gasteiger partial charge in [0.15, 0.2) is 0 Å². The Bertz CT molecular complexity index is 1430. The molecule has 2 atom stereocenters. The molecule has 190 valence electrons. The first-order valence-electron chi connectivity index (χ1n) is 12.7. The number of hydrogen-bond acceptors (Lipinski definition) is 3. The first-order valence-corrected chi connectivity index (χ1v) is 12.7. The van der Waals surface area contributed by atoms with Crippen molar-refractivity contribution in [2.45, 2.75) is 25.4 Å². The number of hydrogen-bond donors (Lipinski definition) is 0. The number of carbonyl (C=O) groups is 2. The predicted octanol–water partition coefficient (Wildman–Crippen LogP) is 6.92. The molecule has 0 radical (unpaired) electrons. The number of amides is 2. The molecule has 5 nitrogen and oxygen atoms in total. The summed E-state index contributed by atoms with van der Waals surface area (Å²) in [6, 6.07) is 34.2. The van der Waals surface area contributed by atoms with Crippen molar-refractivity contribution in [3.8, 4) is 5.75 Å². The van der Waals surface area contributed by atoms with Crippen LogP contribution in [-0.4, -0.2) is 25.0 Å². The number of anilines is 2. The van der Waals surface area contributed by atoms with E-state index >= 15 is 0 Å². The summed E-state index contributed by atoms with van der Waals surface area (Å²) in [5.74, 6) is 0.517. The van der Waals surface area contributed by atoms with Crippen LogP contribution < -0.4 is 14.5 Å². The zero-order valence-electron chi connectivity index (χ0n) is 21.5. The maximum absolute atomic E-state index is 13.8. The van der Waals surface area contributed by atoms with Crippen LogP contribution in [0.4, 0.5) is 11.4 Å². The fourth-order valence-electron chi connectivity index (χ4n) is 5.07. The van der Waals surface area contributed by atoms with Gasteiger partial charge in [0, 0.05) is 29.1 Å². The lowest BCUT2D eigenvalue weighted by Crippen LogP contribution is -2.47. The Kier molecular flexibility index (Phi) is 7.36. The molecule has 0 aromatic heterocycles. The minimum atomic E-state index is -0.239. The summed E-state index contributed by atoms with van der Waals surface area (Å²) in [7, 11) is 1.61. The van der Waals surface area contributed by atoms with E-state index < -0.39 is 0 Å². The van der Waals surface area contributed by atoms with E-state index in [2.05, 4.69) is 0 Å². The van der Waals surface area contributed by atoms with Crippen molar-refractivity contribution in [1.82, 2.24) is 0 Å². The number of nitrogens with zero attached hydrogens (tertiary/aromatic N) is 2. The summed E-state index contributed by atoms with van der Waals surface area (Å²) >= 11 is 0. The Hall–Kier alpha value is -4.64. The van der Waals surface area contributed by atoms with E-state index in [4.69, 9.17) is 4.74 Å². The lowest BCUT2D eigenvalue weighted by molar-refractivity contribution is -0.114. The second-order valence-corrected chi connectivity index (χ2v) is 9.35. The fraction of sp³-hybridized carbons (Fsp3) is 0.152. The van der Waals surface area contributed by atoms with Gasteiger partial charge in [0.2, 0.25) is 0 Å². The van der Waals surface area contributed by atoms with Gasteiger partial charge in [-0.25, -0.2) is 0 Å². The minimum absolute atomic E-state index is 0.0763. The van der Waals surface area contributed by atoms with Gasteiger partial charge in [-0.15, -0.1) is 0 Å². The molecule has 5 heteroatoms. The average Bonchev–Trinajstić information content (AvgIpc) is 2.97. The normalized spacial score (nSPS) is 16.6. The molecule has 1 heterocycles. The number of rotatable bonds is 6. The van der Waals surface area contributed by atoms with Crippen LogP contribution in [0.25, 0.3) is 6.08 Å². The molecule has 4 aromatic carbocycles. The highest BCUT2D eigenvalue weighted by Crippen LogP contribution is 2.42. The molecule has 0 fully saturated rings. The standard InChI is InChI=1S/C33H30N2O3/c1-24-23-31(35(27-13-7-4-8-14-27)32(36)22-17-25-11-5-3-6-12-25)29-15-9-10-16-30(29)34(24)33(37)26-18-20-28(38-2)21-19-26/h3-22,24,31H,23H2,1-2H3. The van der Waals surface area contributed by atoms with Gasteiger partial charge in [0.25, 0.3) is 11.8 Å². The van der Waals surface area contributed by atoms with Crippen LogP contribution in [0.15, 0.2) is 115 Å². The summed E-state index contributed by atoms with van der Waals surface area (Å²) in [6.07, 6.45) is 4.07. The molecule has 0 saturated heterocycles. The molecule has 2 amide bonds. The molecule has 5 rings (SSSR count). The largest absolute Gasteiger partial charge is 0.497 e. The molecule has 0 spiro atoms. The summed E-state index contributed by atoms with van der Waals surface area (Å²) in [4.78, 5) is 31.2. The van der Waals surface area contributed by atoms with Crippen molar-refractivity contribution in [2.75, 3.05) is 16.9 Å². The molecule has 38 heavy (non-hydrogen) atoms. The average molecular weight is 503 g/mol. The zero-order valence-corrected chi connectivity index (χ0v) is 21.5. The van der Waals surface area contributed by atoms with Crippen LogP contribution in [0.1, 0.15) is 40.9 Å².